The van der Waals surface area contributed by atoms with Gasteiger partial charge in [0.25, 0.3) is 0 Å². The summed E-state index contributed by atoms with van der Waals surface area (Å²) in [5.41, 5.74) is 9.95. The molecular weight excluding hydrogens is 236 g/mol. The summed E-state index contributed by atoms with van der Waals surface area (Å²) in [4.78, 5) is 0. The molecule has 0 aromatic heterocycles. The van der Waals surface area contributed by atoms with Gasteiger partial charge < -0.3 is 16.2 Å². The standard InChI is InChI=1S/C16H20N2O/c1-12-6-2-3-7-13(12)10-14(11-19)18-16-9-5-4-8-15(16)17/h2-9,14,18-19H,10-11,17H2,1H3. The predicted octanol–water partition coefficient (Wildman–Crippen LogP) is 2.59. The van der Waals surface area contributed by atoms with Crippen LogP contribution < -0.4 is 11.1 Å². The molecule has 0 saturated heterocycles. The van der Waals surface area contributed by atoms with Crippen LogP contribution in [0, 0.1) is 6.92 Å². The van der Waals surface area contributed by atoms with Gasteiger partial charge in [-0.3, -0.25) is 0 Å². The van der Waals surface area contributed by atoms with Crippen molar-refractivity contribution in [1.29, 1.82) is 0 Å². The number of rotatable bonds is 5. The van der Waals surface area contributed by atoms with Crippen LogP contribution in [0.4, 0.5) is 11.4 Å². The summed E-state index contributed by atoms with van der Waals surface area (Å²) in [6, 6.07) is 15.8. The van der Waals surface area contributed by atoms with Gasteiger partial charge in [0.1, 0.15) is 0 Å². The lowest BCUT2D eigenvalue weighted by Gasteiger charge is -2.19. The highest BCUT2D eigenvalue weighted by Crippen LogP contribution is 2.19. The third-order valence-corrected chi connectivity index (χ3v) is 3.27. The predicted molar refractivity (Wildman–Crippen MR) is 80.2 cm³/mol. The molecule has 100 valence electrons. The lowest BCUT2D eigenvalue weighted by molar-refractivity contribution is 0.273. The molecule has 0 aliphatic carbocycles. The smallest absolute Gasteiger partial charge is 0.0636 e. The highest BCUT2D eigenvalue weighted by molar-refractivity contribution is 5.66. The van der Waals surface area contributed by atoms with E-state index in [1.165, 1.54) is 11.1 Å². The fourth-order valence-corrected chi connectivity index (χ4v) is 2.11. The Kier molecular flexibility index (Phi) is 4.42. The number of aliphatic hydroxyl groups excluding tert-OH is 1. The summed E-state index contributed by atoms with van der Waals surface area (Å²) >= 11 is 0. The van der Waals surface area contributed by atoms with E-state index < -0.39 is 0 Å². The van der Waals surface area contributed by atoms with Gasteiger partial charge in [-0.25, -0.2) is 0 Å². The monoisotopic (exact) mass is 256 g/mol. The zero-order chi connectivity index (χ0) is 13.7. The van der Waals surface area contributed by atoms with E-state index in [0.29, 0.717) is 5.69 Å². The number of aryl methyl sites for hydroxylation is 1. The second-order valence-corrected chi connectivity index (χ2v) is 4.74. The molecule has 2 aromatic carbocycles. The number of anilines is 2. The summed E-state index contributed by atoms with van der Waals surface area (Å²) in [6.07, 6.45) is 0.775. The average Bonchev–Trinajstić information content (AvgIpc) is 2.42. The molecule has 0 bridgehead atoms. The van der Waals surface area contributed by atoms with Crippen LogP contribution in [0.2, 0.25) is 0 Å². The van der Waals surface area contributed by atoms with E-state index in [-0.39, 0.29) is 12.6 Å². The number of nitrogens with one attached hydrogen (secondary N) is 1. The average molecular weight is 256 g/mol. The summed E-state index contributed by atoms with van der Waals surface area (Å²) in [5.74, 6) is 0. The molecule has 0 aliphatic rings. The third kappa shape index (κ3) is 3.48. The summed E-state index contributed by atoms with van der Waals surface area (Å²) < 4.78 is 0. The van der Waals surface area contributed by atoms with Gasteiger partial charge in [0, 0.05) is 0 Å². The quantitative estimate of drug-likeness (QED) is 0.721. The Morgan fingerprint density at radius 3 is 2.47 bits per heavy atom. The topological polar surface area (TPSA) is 58.3 Å². The van der Waals surface area contributed by atoms with Crippen LogP contribution in [0.1, 0.15) is 11.1 Å². The van der Waals surface area contributed by atoms with E-state index in [4.69, 9.17) is 5.73 Å². The first-order valence-corrected chi connectivity index (χ1v) is 6.47. The van der Waals surface area contributed by atoms with E-state index in [1.807, 2.05) is 36.4 Å². The highest BCUT2D eigenvalue weighted by Gasteiger charge is 2.10. The molecule has 0 saturated carbocycles. The minimum atomic E-state index is -0.0363. The van der Waals surface area contributed by atoms with E-state index in [2.05, 4.69) is 24.4 Å². The van der Waals surface area contributed by atoms with Crippen molar-refractivity contribution >= 4 is 11.4 Å². The first-order chi connectivity index (χ1) is 9.20. The molecule has 0 aliphatic heterocycles. The molecule has 19 heavy (non-hydrogen) atoms. The maximum Gasteiger partial charge on any atom is 0.0636 e. The van der Waals surface area contributed by atoms with Gasteiger partial charge in [0.05, 0.1) is 24.0 Å². The van der Waals surface area contributed by atoms with Crippen molar-refractivity contribution in [2.45, 2.75) is 19.4 Å². The maximum atomic E-state index is 9.53. The lowest BCUT2D eigenvalue weighted by atomic mass is 10.0. The van der Waals surface area contributed by atoms with Crippen molar-refractivity contribution in [3.63, 3.8) is 0 Å². The maximum absolute atomic E-state index is 9.53. The Morgan fingerprint density at radius 1 is 1.11 bits per heavy atom. The van der Waals surface area contributed by atoms with Gasteiger partial charge in [-0.05, 0) is 36.6 Å². The minimum Gasteiger partial charge on any atom is -0.397 e. The van der Waals surface area contributed by atoms with E-state index in [0.717, 1.165) is 12.1 Å². The molecule has 0 radical (unpaired) electrons. The molecule has 0 heterocycles. The Labute approximate surface area is 114 Å². The van der Waals surface area contributed by atoms with Crippen LogP contribution in [0.3, 0.4) is 0 Å². The number of benzene rings is 2. The van der Waals surface area contributed by atoms with Gasteiger partial charge in [-0.2, -0.15) is 0 Å². The Balaban J connectivity index is 2.09. The molecule has 3 heteroatoms. The minimum absolute atomic E-state index is 0.0363. The SMILES string of the molecule is Cc1ccccc1CC(CO)Nc1ccccc1N. The number of hydrogen-bond acceptors (Lipinski definition) is 3. The molecule has 1 unspecified atom stereocenters. The van der Waals surface area contributed by atoms with Gasteiger partial charge in [-0.15, -0.1) is 0 Å². The van der Waals surface area contributed by atoms with Crippen LogP contribution in [0.15, 0.2) is 48.5 Å². The van der Waals surface area contributed by atoms with Gasteiger partial charge >= 0.3 is 0 Å². The van der Waals surface area contributed by atoms with Crippen molar-refractivity contribution in [1.82, 2.24) is 0 Å². The van der Waals surface area contributed by atoms with Crippen LogP contribution in [0.25, 0.3) is 0 Å². The number of nitrogen functional groups attached to an aromatic ring is 1. The zero-order valence-corrected chi connectivity index (χ0v) is 11.1. The van der Waals surface area contributed by atoms with Crippen LogP contribution in [0.5, 0.6) is 0 Å². The Morgan fingerprint density at radius 2 is 1.79 bits per heavy atom. The van der Waals surface area contributed by atoms with Crippen molar-refractivity contribution in [3.8, 4) is 0 Å². The third-order valence-electron chi connectivity index (χ3n) is 3.27. The Hall–Kier alpha value is -2.00. The number of nitrogens with two attached hydrogens (primary N) is 1. The molecular formula is C16H20N2O. The van der Waals surface area contributed by atoms with E-state index in [9.17, 15) is 5.11 Å². The molecule has 4 N–H and O–H groups in total. The van der Waals surface area contributed by atoms with Crippen LogP contribution >= 0.6 is 0 Å². The second kappa shape index (κ2) is 6.25. The molecule has 0 amide bonds. The molecule has 0 fully saturated rings. The number of hydrogen-bond donors (Lipinski definition) is 3. The molecule has 0 spiro atoms. The fourth-order valence-electron chi connectivity index (χ4n) is 2.11. The van der Waals surface area contributed by atoms with Crippen molar-refractivity contribution < 1.29 is 5.11 Å². The largest absolute Gasteiger partial charge is 0.397 e. The van der Waals surface area contributed by atoms with Crippen LogP contribution in [-0.2, 0) is 6.42 Å². The lowest BCUT2D eigenvalue weighted by Crippen LogP contribution is -2.27. The van der Waals surface area contributed by atoms with Gasteiger partial charge in [-0.1, -0.05) is 36.4 Å². The molecule has 3 nitrogen and oxygen atoms in total. The first kappa shape index (κ1) is 13.4. The van der Waals surface area contributed by atoms with E-state index in [1.54, 1.807) is 0 Å². The normalized spacial score (nSPS) is 12.1. The molecule has 2 rings (SSSR count). The first-order valence-electron chi connectivity index (χ1n) is 6.47. The number of para-hydroxylation sites is 2. The van der Waals surface area contributed by atoms with E-state index >= 15 is 0 Å². The number of aliphatic hydroxyl groups is 1. The van der Waals surface area contributed by atoms with Gasteiger partial charge in [0.15, 0.2) is 0 Å². The van der Waals surface area contributed by atoms with Crippen LogP contribution in [-0.4, -0.2) is 17.8 Å². The molecule has 1 atom stereocenters. The summed E-state index contributed by atoms with van der Waals surface area (Å²) in [6.45, 7) is 2.16. The fraction of sp³-hybridized carbons (Fsp3) is 0.250. The summed E-state index contributed by atoms with van der Waals surface area (Å²) in [7, 11) is 0. The second-order valence-electron chi connectivity index (χ2n) is 4.74. The molecule has 2 aromatic rings. The van der Waals surface area contributed by atoms with Crippen molar-refractivity contribution in [3.05, 3.63) is 59.7 Å². The Bertz CT molecular complexity index is 492. The van der Waals surface area contributed by atoms with Crippen molar-refractivity contribution in [2.75, 3.05) is 17.7 Å². The zero-order valence-electron chi connectivity index (χ0n) is 11.1. The van der Waals surface area contributed by atoms with Gasteiger partial charge in [0.2, 0.25) is 0 Å². The highest BCUT2D eigenvalue weighted by atomic mass is 16.3. The van der Waals surface area contributed by atoms with Crippen molar-refractivity contribution in [2.24, 2.45) is 0 Å². The summed E-state index contributed by atoms with van der Waals surface area (Å²) in [5, 5.41) is 12.8.